The van der Waals surface area contributed by atoms with E-state index in [1.807, 2.05) is 13.8 Å². The van der Waals surface area contributed by atoms with Crippen molar-refractivity contribution in [1.82, 2.24) is 18.7 Å². The highest BCUT2D eigenvalue weighted by atomic mass is 16.2. The summed E-state index contributed by atoms with van der Waals surface area (Å²) >= 11 is 0. The van der Waals surface area contributed by atoms with Crippen molar-refractivity contribution < 1.29 is 0 Å². The van der Waals surface area contributed by atoms with Gasteiger partial charge in [0.15, 0.2) is 11.2 Å². The van der Waals surface area contributed by atoms with E-state index >= 15 is 0 Å². The lowest BCUT2D eigenvalue weighted by molar-refractivity contribution is 0.533. The molecule has 2 aromatic rings. The minimum atomic E-state index is -0.325. The minimum absolute atomic E-state index is 0.0840. The van der Waals surface area contributed by atoms with Crippen molar-refractivity contribution in [3.63, 3.8) is 0 Å². The van der Waals surface area contributed by atoms with Gasteiger partial charge in [-0.05, 0) is 27.7 Å². The van der Waals surface area contributed by atoms with E-state index in [1.54, 1.807) is 30.0 Å². The molecule has 7 nitrogen and oxygen atoms in total. The second kappa shape index (κ2) is 4.90. The minimum Gasteiger partial charge on any atom is -0.324 e. The first-order valence-corrected chi connectivity index (χ1v) is 6.78. The molecule has 0 saturated carbocycles. The monoisotopic (exact) mass is 279 g/mol. The van der Waals surface area contributed by atoms with E-state index in [1.165, 1.54) is 4.57 Å². The van der Waals surface area contributed by atoms with Crippen LogP contribution in [-0.2, 0) is 13.6 Å². The predicted octanol–water partition coefficient (Wildman–Crippen LogP) is 0.517. The van der Waals surface area contributed by atoms with Gasteiger partial charge in [-0.25, -0.2) is 9.78 Å². The van der Waals surface area contributed by atoms with Gasteiger partial charge in [-0.2, -0.15) is 0 Å². The molecule has 0 aliphatic heterocycles. The van der Waals surface area contributed by atoms with E-state index < -0.39 is 0 Å². The Kier molecular flexibility index (Phi) is 3.56. The molecule has 0 saturated heterocycles. The summed E-state index contributed by atoms with van der Waals surface area (Å²) in [4.78, 5) is 29.3. The molecule has 7 heteroatoms. The molecule has 2 aromatic heterocycles. The number of rotatable bonds is 3. The first kappa shape index (κ1) is 14.5. The maximum absolute atomic E-state index is 12.5. The predicted molar refractivity (Wildman–Crippen MR) is 77.9 cm³/mol. The number of hydrogen-bond donors (Lipinski definition) is 1. The van der Waals surface area contributed by atoms with Crippen LogP contribution in [0, 0.1) is 0 Å². The molecule has 0 spiro atoms. The van der Waals surface area contributed by atoms with Crippen molar-refractivity contribution in [1.29, 1.82) is 0 Å². The average molecular weight is 279 g/mol. The van der Waals surface area contributed by atoms with Crippen LogP contribution in [-0.4, -0.2) is 18.7 Å². The number of nitrogens with two attached hydrogens (primary N) is 1. The second-order valence-electron chi connectivity index (χ2n) is 5.29. The van der Waals surface area contributed by atoms with Crippen LogP contribution in [0.4, 0.5) is 0 Å². The number of aromatic nitrogens is 4. The largest absolute Gasteiger partial charge is 0.332 e. The molecule has 2 heterocycles. The van der Waals surface area contributed by atoms with Crippen LogP contribution < -0.4 is 17.0 Å². The quantitative estimate of drug-likeness (QED) is 0.887. The highest BCUT2D eigenvalue weighted by molar-refractivity contribution is 5.71. The smallest absolute Gasteiger partial charge is 0.324 e. The Morgan fingerprint density at radius 1 is 1.25 bits per heavy atom. The van der Waals surface area contributed by atoms with Gasteiger partial charge in [-0.3, -0.25) is 13.9 Å². The summed E-state index contributed by atoms with van der Waals surface area (Å²) in [5.41, 5.74) is 6.08. The van der Waals surface area contributed by atoms with E-state index in [0.29, 0.717) is 23.5 Å². The van der Waals surface area contributed by atoms with E-state index in [0.717, 1.165) is 0 Å². The van der Waals surface area contributed by atoms with Crippen LogP contribution in [0.1, 0.15) is 45.6 Å². The zero-order valence-electron chi connectivity index (χ0n) is 12.5. The average Bonchev–Trinajstić information content (AvgIpc) is 2.67. The fourth-order valence-corrected chi connectivity index (χ4v) is 2.50. The summed E-state index contributed by atoms with van der Waals surface area (Å²) in [6.45, 7) is 7.70. The van der Waals surface area contributed by atoms with Gasteiger partial charge < -0.3 is 10.3 Å². The van der Waals surface area contributed by atoms with Crippen LogP contribution in [0.25, 0.3) is 11.2 Å². The van der Waals surface area contributed by atoms with Crippen molar-refractivity contribution in [2.45, 2.75) is 46.3 Å². The molecule has 1 unspecified atom stereocenters. The summed E-state index contributed by atoms with van der Waals surface area (Å²) in [6.07, 6.45) is 0. The Hall–Kier alpha value is -1.89. The fourth-order valence-electron chi connectivity index (χ4n) is 2.50. The van der Waals surface area contributed by atoms with Crippen molar-refractivity contribution in [3.8, 4) is 0 Å². The van der Waals surface area contributed by atoms with Crippen molar-refractivity contribution in [2.24, 2.45) is 12.8 Å². The van der Waals surface area contributed by atoms with Gasteiger partial charge in [0.1, 0.15) is 5.82 Å². The third-order valence-electron chi connectivity index (χ3n) is 3.46. The van der Waals surface area contributed by atoms with E-state index in [2.05, 4.69) is 4.98 Å². The van der Waals surface area contributed by atoms with Gasteiger partial charge in [0.05, 0.1) is 6.04 Å². The Labute approximate surface area is 116 Å². The molecule has 0 aromatic carbocycles. The van der Waals surface area contributed by atoms with Gasteiger partial charge in [-0.1, -0.05) is 0 Å². The molecule has 0 radical (unpaired) electrons. The summed E-state index contributed by atoms with van der Waals surface area (Å²) in [7, 11) is 1.75. The molecule has 0 bridgehead atoms. The molecular weight excluding hydrogens is 258 g/mol. The lowest BCUT2D eigenvalue weighted by Crippen LogP contribution is -2.40. The highest BCUT2D eigenvalue weighted by Crippen LogP contribution is 2.16. The van der Waals surface area contributed by atoms with Crippen LogP contribution >= 0.6 is 0 Å². The number of fused-ring (bicyclic) bond motifs is 1. The number of nitrogens with zero attached hydrogens (tertiary/aromatic N) is 4. The van der Waals surface area contributed by atoms with Gasteiger partial charge in [-0.15, -0.1) is 0 Å². The second-order valence-corrected chi connectivity index (χ2v) is 5.29. The van der Waals surface area contributed by atoms with Crippen LogP contribution in [0.5, 0.6) is 0 Å². The molecular formula is C13H21N5O2. The molecule has 2 N–H and O–H groups in total. The van der Waals surface area contributed by atoms with Gasteiger partial charge in [0, 0.05) is 19.6 Å². The van der Waals surface area contributed by atoms with Crippen molar-refractivity contribution >= 4 is 11.2 Å². The number of hydrogen-bond acceptors (Lipinski definition) is 4. The Morgan fingerprint density at radius 3 is 2.30 bits per heavy atom. The number of imidazole rings is 1. The Bertz CT molecular complexity index is 764. The molecule has 20 heavy (non-hydrogen) atoms. The van der Waals surface area contributed by atoms with Crippen molar-refractivity contribution in [2.75, 3.05) is 0 Å². The fraction of sp³-hybridized carbons (Fsp3) is 0.615. The van der Waals surface area contributed by atoms with Crippen LogP contribution in [0.15, 0.2) is 9.59 Å². The summed E-state index contributed by atoms with van der Waals surface area (Å²) in [5, 5.41) is 0. The first-order chi connectivity index (χ1) is 9.31. The SMILES string of the molecule is CCn1c(=O)c2c(nc(C(C)N)n2C)n(C(C)C)c1=O. The van der Waals surface area contributed by atoms with E-state index in [9.17, 15) is 9.59 Å². The first-order valence-electron chi connectivity index (χ1n) is 6.78. The van der Waals surface area contributed by atoms with Crippen LogP contribution in [0.3, 0.4) is 0 Å². The number of aryl methyl sites for hydroxylation is 1. The van der Waals surface area contributed by atoms with Gasteiger partial charge in [0.25, 0.3) is 5.56 Å². The molecule has 0 fully saturated rings. The van der Waals surface area contributed by atoms with E-state index in [-0.39, 0.29) is 23.3 Å². The van der Waals surface area contributed by atoms with Gasteiger partial charge in [0.2, 0.25) is 0 Å². The molecule has 0 aliphatic rings. The normalized spacial score (nSPS) is 13.3. The zero-order valence-corrected chi connectivity index (χ0v) is 12.5. The maximum atomic E-state index is 12.5. The third-order valence-corrected chi connectivity index (χ3v) is 3.46. The maximum Gasteiger partial charge on any atom is 0.332 e. The van der Waals surface area contributed by atoms with Gasteiger partial charge >= 0.3 is 5.69 Å². The lowest BCUT2D eigenvalue weighted by atomic mass is 10.3. The van der Waals surface area contributed by atoms with Crippen molar-refractivity contribution in [3.05, 3.63) is 26.7 Å². The molecule has 0 amide bonds. The zero-order chi connectivity index (χ0) is 15.2. The highest BCUT2D eigenvalue weighted by Gasteiger charge is 2.21. The molecule has 0 aliphatic carbocycles. The topological polar surface area (TPSA) is 87.8 Å². The molecule has 2 rings (SSSR count). The lowest BCUT2D eigenvalue weighted by Gasteiger charge is -2.13. The van der Waals surface area contributed by atoms with Crippen LogP contribution in [0.2, 0.25) is 0 Å². The molecule has 1 atom stereocenters. The Balaban J connectivity index is 3.08. The summed E-state index contributed by atoms with van der Waals surface area (Å²) < 4.78 is 4.47. The third kappa shape index (κ3) is 1.89. The summed E-state index contributed by atoms with van der Waals surface area (Å²) in [6, 6.07) is -0.392. The molecule has 110 valence electrons. The van der Waals surface area contributed by atoms with E-state index in [4.69, 9.17) is 5.73 Å². The standard InChI is InChI=1S/C13H21N5O2/c1-6-17-12(19)9-11(18(7(2)3)13(17)20)15-10(8(4)14)16(9)5/h7-8H,6,14H2,1-5H3. The summed E-state index contributed by atoms with van der Waals surface area (Å²) in [5.74, 6) is 0.597. The Morgan fingerprint density at radius 2 is 1.85 bits per heavy atom.